The van der Waals surface area contributed by atoms with Crippen molar-refractivity contribution in [3.05, 3.63) is 34.4 Å². The van der Waals surface area contributed by atoms with Crippen molar-refractivity contribution in [1.29, 1.82) is 0 Å². The van der Waals surface area contributed by atoms with Crippen LogP contribution in [0.2, 0.25) is 0 Å². The molecule has 0 amide bonds. The Kier molecular flexibility index (Phi) is 8.51. The van der Waals surface area contributed by atoms with Crippen molar-refractivity contribution in [3.8, 4) is 0 Å². The summed E-state index contributed by atoms with van der Waals surface area (Å²) >= 11 is 0. The van der Waals surface area contributed by atoms with E-state index in [1.807, 2.05) is 13.8 Å². The second-order valence-corrected chi connectivity index (χ2v) is 6.27. The standard InChI is InChI=1S/C20H30O4/c1-6-15-12-17(19(21)23-8-3)18(13-16(15)7-2)20(22)24-11-9-10-14(4)5/h12-14H,6-11H2,1-5H3. The summed E-state index contributed by atoms with van der Waals surface area (Å²) in [4.78, 5) is 24.7. The summed E-state index contributed by atoms with van der Waals surface area (Å²) < 4.78 is 10.5. The predicted molar refractivity (Wildman–Crippen MR) is 95.5 cm³/mol. The maximum absolute atomic E-state index is 12.5. The van der Waals surface area contributed by atoms with Gasteiger partial charge < -0.3 is 9.47 Å². The molecule has 24 heavy (non-hydrogen) atoms. The molecule has 0 bridgehead atoms. The first-order valence-corrected chi connectivity index (χ1v) is 8.94. The highest BCUT2D eigenvalue weighted by Gasteiger charge is 2.21. The molecule has 0 aliphatic rings. The highest BCUT2D eigenvalue weighted by molar-refractivity contribution is 6.03. The average molecular weight is 334 g/mol. The quantitative estimate of drug-likeness (QED) is 0.490. The van der Waals surface area contributed by atoms with Crippen LogP contribution in [0.5, 0.6) is 0 Å². The van der Waals surface area contributed by atoms with Gasteiger partial charge in [-0.2, -0.15) is 0 Å². The van der Waals surface area contributed by atoms with Gasteiger partial charge in [-0.15, -0.1) is 0 Å². The molecule has 1 rings (SSSR count). The van der Waals surface area contributed by atoms with Crippen LogP contribution >= 0.6 is 0 Å². The fraction of sp³-hybridized carbons (Fsp3) is 0.600. The van der Waals surface area contributed by atoms with E-state index in [0.29, 0.717) is 23.7 Å². The van der Waals surface area contributed by atoms with E-state index in [9.17, 15) is 9.59 Å². The molecule has 0 radical (unpaired) electrons. The molecule has 0 atom stereocenters. The van der Waals surface area contributed by atoms with Gasteiger partial charge in [-0.05, 0) is 61.8 Å². The van der Waals surface area contributed by atoms with Crippen LogP contribution < -0.4 is 0 Å². The summed E-state index contributed by atoms with van der Waals surface area (Å²) in [6.07, 6.45) is 3.44. The van der Waals surface area contributed by atoms with E-state index in [2.05, 4.69) is 13.8 Å². The van der Waals surface area contributed by atoms with Gasteiger partial charge >= 0.3 is 11.9 Å². The highest BCUT2D eigenvalue weighted by Crippen LogP contribution is 2.21. The van der Waals surface area contributed by atoms with Crippen molar-refractivity contribution in [2.75, 3.05) is 13.2 Å². The summed E-state index contributed by atoms with van der Waals surface area (Å²) in [6.45, 7) is 10.7. The largest absolute Gasteiger partial charge is 0.462 e. The summed E-state index contributed by atoms with van der Waals surface area (Å²) in [5, 5.41) is 0. The van der Waals surface area contributed by atoms with Gasteiger partial charge in [-0.3, -0.25) is 0 Å². The Bertz CT molecular complexity index is 561. The number of carbonyl (C=O) groups excluding carboxylic acids is 2. The van der Waals surface area contributed by atoms with E-state index < -0.39 is 11.9 Å². The molecule has 0 saturated carbocycles. The lowest BCUT2D eigenvalue weighted by Crippen LogP contribution is -2.16. The smallest absolute Gasteiger partial charge is 0.339 e. The average Bonchev–Trinajstić information content (AvgIpc) is 2.57. The van der Waals surface area contributed by atoms with Crippen molar-refractivity contribution < 1.29 is 19.1 Å². The molecule has 0 spiro atoms. The number of rotatable bonds is 9. The lowest BCUT2D eigenvalue weighted by Gasteiger charge is -2.14. The first-order valence-electron chi connectivity index (χ1n) is 8.94. The lowest BCUT2D eigenvalue weighted by atomic mass is 9.95. The predicted octanol–water partition coefficient (Wildman–Crippen LogP) is 4.58. The zero-order valence-corrected chi connectivity index (χ0v) is 15.6. The second-order valence-electron chi connectivity index (χ2n) is 6.27. The van der Waals surface area contributed by atoms with Gasteiger partial charge in [-0.1, -0.05) is 27.7 Å². The van der Waals surface area contributed by atoms with Crippen molar-refractivity contribution in [3.63, 3.8) is 0 Å². The lowest BCUT2D eigenvalue weighted by molar-refractivity contribution is 0.0460. The van der Waals surface area contributed by atoms with Gasteiger partial charge in [0.1, 0.15) is 0 Å². The van der Waals surface area contributed by atoms with Gasteiger partial charge in [0.05, 0.1) is 24.3 Å². The molecule has 1 aromatic carbocycles. The maximum Gasteiger partial charge on any atom is 0.339 e. The van der Waals surface area contributed by atoms with Crippen molar-refractivity contribution in [2.24, 2.45) is 5.92 Å². The molecular weight excluding hydrogens is 304 g/mol. The van der Waals surface area contributed by atoms with Gasteiger partial charge in [-0.25, -0.2) is 9.59 Å². The number of benzene rings is 1. The van der Waals surface area contributed by atoms with Crippen LogP contribution in [-0.2, 0) is 22.3 Å². The molecule has 4 heteroatoms. The van der Waals surface area contributed by atoms with Gasteiger partial charge in [0.2, 0.25) is 0 Å². The molecule has 0 N–H and O–H groups in total. The van der Waals surface area contributed by atoms with E-state index in [-0.39, 0.29) is 6.61 Å². The summed E-state index contributed by atoms with van der Waals surface area (Å²) in [5.41, 5.74) is 2.75. The summed E-state index contributed by atoms with van der Waals surface area (Å²) in [7, 11) is 0. The molecule has 0 aromatic heterocycles. The monoisotopic (exact) mass is 334 g/mol. The molecule has 0 aliphatic heterocycles. The highest BCUT2D eigenvalue weighted by atomic mass is 16.5. The first-order chi connectivity index (χ1) is 11.4. The molecule has 0 unspecified atom stereocenters. The van der Waals surface area contributed by atoms with E-state index in [4.69, 9.17) is 9.47 Å². The van der Waals surface area contributed by atoms with Gasteiger partial charge in [0, 0.05) is 0 Å². The van der Waals surface area contributed by atoms with E-state index in [0.717, 1.165) is 36.8 Å². The number of carbonyl (C=O) groups is 2. The van der Waals surface area contributed by atoms with Crippen molar-refractivity contribution in [1.82, 2.24) is 0 Å². The van der Waals surface area contributed by atoms with Crippen LogP contribution in [0, 0.1) is 5.92 Å². The van der Waals surface area contributed by atoms with E-state index in [1.165, 1.54) is 0 Å². The number of aryl methyl sites for hydroxylation is 2. The van der Waals surface area contributed by atoms with Crippen molar-refractivity contribution in [2.45, 2.75) is 60.3 Å². The number of ether oxygens (including phenoxy) is 2. The molecule has 4 nitrogen and oxygen atoms in total. The number of hydrogen-bond donors (Lipinski definition) is 0. The van der Waals surface area contributed by atoms with Crippen LogP contribution in [0.3, 0.4) is 0 Å². The summed E-state index contributed by atoms with van der Waals surface area (Å²) in [5.74, 6) is -0.336. The third-order valence-electron chi connectivity index (χ3n) is 3.98. The third-order valence-corrected chi connectivity index (χ3v) is 3.98. The number of hydrogen-bond acceptors (Lipinski definition) is 4. The van der Waals surface area contributed by atoms with Crippen LogP contribution in [0.25, 0.3) is 0 Å². The van der Waals surface area contributed by atoms with Crippen LogP contribution in [0.15, 0.2) is 12.1 Å². The van der Waals surface area contributed by atoms with Crippen LogP contribution in [-0.4, -0.2) is 25.2 Å². The SMILES string of the molecule is CCOC(=O)c1cc(CC)c(CC)cc1C(=O)OCCCC(C)C. The Labute approximate surface area is 145 Å². The Morgan fingerprint density at radius 3 is 1.83 bits per heavy atom. The van der Waals surface area contributed by atoms with E-state index >= 15 is 0 Å². The minimum absolute atomic E-state index is 0.276. The van der Waals surface area contributed by atoms with Gasteiger partial charge in [0.25, 0.3) is 0 Å². The fourth-order valence-corrected chi connectivity index (χ4v) is 2.63. The minimum Gasteiger partial charge on any atom is -0.462 e. The van der Waals surface area contributed by atoms with Gasteiger partial charge in [0.15, 0.2) is 0 Å². The molecule has 1 aromatic rings. The van der Waals surface area contributed by atoms with E-state index in [1.54, 1.807) is 19.1 Å². The molecule has 0 fully saturated rings. The van der Waals surface area contributed by atoms with Crippen molar-refractivity contribution >= 4 is 11.9 Å². The fourth-order valence-electron chi connectivity index (χ4n) is 2.63. The molecule has 0 heterocycles. The van der Waals surface area contributed by atoms with Crippen LogP contribution in [0.4, 0.5) is 0 Å². The third kappa shape index (κ3) is 5.66. The topological polar surface area (TPSA) is 52.6 Å². The Morgan fingerprint density at radius 2 is 1.42 bits per heavy atom. The molecule has 0 saturated heterocycles. The Balaban J connectivity index is 3.04. The zero-order valence-electron chi connectivity index (χ0n) is 15.6. The number of esters is 2. The Morgan fingerprint density at radius 1 is 0.917 bits per heavy atom. The minimum atomic E-state index is -0.469. The normalized spacial score (nSPS) is 10.8. The first kappa shape index (κ1) is 20.2. The summed E-state index contributed by atoms with van der Waals surface area (Å²) in [6, 6.07) is 3.57. The Hall–Kier alpha value is -1.84. The molecular formula is C20H30O4. The zero-order chi connectivity index (χ0) is 18.1. The maximum atomic E-state index is 12.5. The molecule has 134 valence electrons. The molecule has 0 aliphatic carbocycles. The van der Waals surface area contributed by atoms with Crippen LogP contribution in [0.1, 0.15) is 79.3 Å². The second kappa shape index (κ2) is 10.1.